The Labute approximate surface area is 142 Å². The molecule has 24 heavy (non-hydrogen) atoms. The molecule has 1 atom stereocenters. The third-order valence-corrected chi connectivity index (χ3v) is 4.30. The van der Waals surface area contributed by atoms with Gasteiger partial charge in [0.2, 0.25) is 0 Å². The van der Waals surface area contributed by atoms with Crippen molar-refractivity contribution in [3.8, 4) is 5.75 Å². The van der Waals surface area contributed by atoms with Crippen LogP contribution in [-0.2, 0) is 0 Å². The number of phenolic OH excluding ortho intramolecular Hbond substituents is 1. The number of phenols is 1. The van der Waals surface area contributed by atoms with Crippen LogP contribution in [0.5, 0.6) is 5.75 Å². The van der Waals surface area contributed by atoms with E-state index >= 15 is 0 Å². The number of aryl methyl sites for hydroxylation is 1. The molecule has 4 nitrogen and oxygen atoms in total. The monoisotopic (exact) mass is 322 g/mol. The summed E-state index contributed by atoms with van der Waals surface area (Å²) in [5.41, 5.74) is 3.44. The molecule has 0 fully saturated rings. The first-order chi connectivity index (χ1) is 11.6. The molecule has 0 saturated heterocycles. The van der Waals surface area contributed by atoms with Crippen molar-refractivity contribution in [2.75, 3.05) is 13.1 Å². The van der Waals surface area contributed by atoms with Gasteiger partial charge >= 0.3 is 0 Å². The second-order valence-corrected chi connectivity index (χ2v) is 6.19. The van der Waals surface area contributed by atoms with Gasteiger partial charge in [-0.1, -0.05) is 42.0 Å². The van der Waals surface area contributed by atoms with Crippen LogP contribution in [-0.4, -0.2) is 29.7 Å². The van der Waals surface area contributed by atoms with Crippen LogP contribution in [0.1, 0.15) is 40.4 Å². The van der Waals surface area contributed by atoms with E-state index in [1.54, 1.807) is 18.2 Å². The van der Waals surface area contributed by atoms with Gasteiger partial charge in [-0.15, -0.1) is 0 Å². The van der Waals surface area contributed by atoms with Gasteiger partial charge in [0, 0.05) is 31.1 Å². The number of carbonyl (C=O) groups is 1. The molecule has 1 heterocycles. The van der Waals surface area contributed by atoms with Crippen molar-refractivity contribution in [2.45, 2.75) is 25.8 Å². The van der Waals surface area contributed by atoms with E-state index in [9.17, 15) is 9.90 Å². The van der Waals surface area contributed by atoms with E-state index in [-0.39, 0.29) is 24.0 Å². The zero-order valence-electron chi connectivity index (χ0n) is 13.8. The largest absolute Gasteiger partial charge is 0.507 e. The summed E-state index contributed by atoms with van der Waals surface area (Å²) in [6.45, 7) is 3.38. The summed E-state index contributed by atoms with van der Waals surface area (Å²) in [4.78, 5) is 17.1. The smallest absolute Gasteiger partial charge is 0.172 e. The molecular weight excluding hydrogens is 300 g/mol. The molecule has 0 aliphatic carbocycles. The lowest BCUT2D eigenvalue weighted by atomic mass is 9.96. The molecule has 0 bridgehead atoms. The van der Waals surface area contributed by atoms with E-state index in [2.05, 4.69) is 22.4 Å². The highest BCUT2D eigenvalue weighted by Gasteiger charge is 2.20. The Morgan fingerprint density at radius 2 is 2.04 bits per heavy atom. The number of nitrogens with zero attached hydrogens (tertiary/aromatic N) is 1. The lowest BCUT2D eigenvalue weighted by Gasteiger charge is -2.17. The minimum atomic E-state index is -0.0799. The number of nitrogens with one attached hydrogen (secondary N) is 1. The average Bonchev–Trinajstić information content (AvgIpc) is 2.83. The first-order valence-electron chi connectivity index (χ1n) is 8.27. The van der Waals surface area contributed by atoms with Crippen molar-refractivity contribution >= 4 is 11.5 Å². The van der Waals surface area contributed by atoms with Gasteiger partial charge in [0.25, 0.3) is 0 Å². The maximum Gasteiger partial charge on any atom is 0.172 e. The Balaban J connectivity index is 1.75. The van der Waals surface area contributed by atoms with E-state index < -0.39 is 0 Å². The molecule has 3 rings (SSSR count). The fraction of sp³-hybridized carbons (Fsp3) is 0.300. The van der Waals surface area contributed by atoms with Crippen LogP contribution in [0.2, 0.25) is 0 Å². The van der Waals surface area contributed by atoms with Crippen LogP contribution < -0.4 is 5.32 Å². The van der Waals surface area contributed by atoms with Crippen LogP contribution in [0.25, 0.3) is 0 Å². The van der Waals surface area contributed by atoms with Crippen LogP contribution in [0, 0.1) is 6.92 Å². The standard InChI is InChI=1S/C20H22N2O2/c1-14-7-8-19(23)17(11-14)20(24)13-16-12-18(22-10-9-21-16)15-5-3-2-4-6-15/h2-8,11,18,22-23H,9-10,12-13H2,1H3. The molecule has 2 aromatic carbocycles. The Kier molecular flexibility index (Phi) is 5.06. The number of aromatic hydroxyl groups is 1. The van der Waals surface area contributed by atoms with E-state index in [0.29, 0.717) is 18.5 Å². The maximum absolute atomic E-state index is 12.6. The maximum atomic E-state index is 12.6. The topological polar surface area (TPSA) is 61.7 Å². The second kappa shape index (κ2) is 7.41. The first-order valence-corrected chi connectivity index (χ1v) is 8.27. The number of Topliss-reactive ketones (excluding diaryl/α,β-unsaturated/α-hetero) is 1. The molecule has 1 aliphatic rings. The zero-order valence-corrected chi connectivity index (χ0v) is 13.8. The fourth-order valence-corrected chi connectivity index (χ4v) is 3.03. The van der Waals surface area contributed by atoms with Gasteiger partial charge in [-0.3, -0.25) is 9.79 Å². The molecule has 0 aromatic heterocycles. The van der Waals surface area contributed by atoms with E-state index in [4.69, 9.17) is 0 Å². The minimum absolute atomic E-state index is 0.0394. The summed E-state index contributed by atoms with van der Waals surface area (Å²) >= 11 is 0. The molecule has 4 heteroatoms. The molecular formula is C20H22N2O2. The van der Waals surface area contributed by atoms with Crippen molar-refractivity contribution in [3.63, 3.8) is 0 Å². The number of ketones is 1. The van der Waals surface area contributed by atoms with Crippen LogP contribution >= 0.6 is 0 Å². The molecule has 0 radical (unpaired) electrons. The van der Waals surface area contributed by atoms with E-state index in [1.165, 1.54) is 5.56 Å². The first kappa shape index (κ1) is 16.4. The molecule has 0 amide bonds. The molecule has 0 saturated carbocycles. The van der Waals surface area contributed by atoms with Crippen LogP contribution in [0.4, 0.5) is 0 Å². The van der Waals surface area contributed by atoms with Crippen molar-refractivity contribution in [2.24, 2.45) is 4.99 Å². The normalized spacial score (nSPS) is 17.9. The third-order valence-electron chi connectivity index (χ3n) is 4.30. The highest BCUT2D eigenvalue weighted by atomic mass is 16.3. The van der Waals surface area contributed by atoms with Crippen molar-refractivity contribution < 1.29 is 9.90 Å². The predicted octanol–water partition coefficient (Wildman–Crippen LogP) is 3.45. The average molecular weight is 322 g/mol. The highest BCUT2D eigenvalue weighted by molar-refractivity contribution is 6.11. The molecule has 124 valence electrons. The lowest BCUT2D eigenvalue weighted by Crippen LogP contribution is -2.23. The number of carbonyl (C=O) groups excluding carboxylic acids is 1. The van der Waals surface area contributed by atoms with Gasteiger partial charge in [0.15, 0.2) is 5.78 Å². The zero-order chi connectivity index (χ0) is 16.9. The number of hydrogen-bond donors (Lipinski definition) is 2. The minimum Gasteiger partial charge on any atom is -0.507 e. The molecule has 1 unspecified atom stereocenters. The SMILES string of the molecule is Cc1ccc(O)c(C(=O)CC2=NCCNC(c3ccccc3)C2)c1. The van der Waals surface area contributed by atoms with Crippen molar-refractivity contribution in [3.05, 3.63) is 65.2 Å². The summed E-state index contributed by atoms with van der Waals surface area (Å²) in [5.74, 6) is -0.0405. The van der Waals surface area contributed by atoms with Gasteiger partial charge in [-0.05, 0) is 24.6 Å². The summed E-state index contributed by atoms with van der Waals surface area (Å²) in [7, 11) is 0. The Morgan fingerprint density at radius 1 is 1.25 bits per heavy atom. The summed E-state index contributed by atoms with van der Waals surface area (Å²) in [5, 5.41) is 13.4. The number of aliphatic imine (C=N–C) groups is 1. The summed E-state index contributed by atoms with van der Waals surface area (Å²) in [6.07, 6.45) is 0.963. The van der Waals surface area contributed by atoms with Crippen LogP contribution in [0.3, 0.4) is 0 Å². The van der Waals surface area contributed by atoms with Crippen molar-refractivity contribution in [1.29, 1.82) is 0 Å². The van der Waals surface area contributed by atoms with Gasteiger partial charge in [-0.2, -0.15) is 0 Å². The van der Waals surface area contributed by atoms with Gasteiger partial charge < -0.3 is 10.4 Å². The molecule has 0 spiro atoms. The second-order valence-electron chi connectivity index (χ2n) is 6.19. The summed E-state index contributed by atoms with van der Waals surface area (Å²) in [6, 6.07) is 15.5. The van der Waals surface area contributed by atoms with Gasteiger partial charge in [0.1, 0.15) is 5.75 Å². The quantitative estimate of drug-likeness (QED) is 0.848. The van der Waals surface area contributed by atoms with Crippen molar-refractivity contribution in [1.82, 2.24) is 5.32 Å². The van der Waals surface area contributed by atoms with E-state index in [0.717, 1.165) is 17.8 Å². The Bertz CT molecular complexity index is 753. The fourth-order valence-electron chi connectivity index (χ4n) is 3.03. The van der Waals surface area contributed by atoms with Crippen LogP contribution in [0.15, 0.2) is 53.5 Å². The van der Waals surface area contributed by atoms with E-state index in [1.807, 2.05) is 25.1 Å². The Hall–Kier alpha value is -2.46. The highest BCUT2D eigenvalue weighted by Crippen LogP contribution is 2.23. The Morgan fingerprint density at radius 3 is 2.83 bits per heavy atom. The lowest BCUT2D eigenvalue weighted by molar-refractivity contribution is 0.0997. The number of rotatable bonds is 4. The van der Waals surface area contributed by atoms with Gasteiger partial charge in [0.05, 0.1) is 12.1 Å². The molecule has 2 aromatic rings. The number of benzene rings is 2. The number of hydrogen-bond acceptors (Lipinski definition) is 4. The van der Waals surface area contributed by atoms with Gasteiger partial charge in [-0.25, -0.2) is 0 Å². The third kappa shape index (κ3) is 3.89. The predicted molar refractivity (Wildman–Crippen MR) is 95.9 cm³/mol. The molecule has 1 aliphatic heterocycles. The summed E-state index contributed by atoms with van der Waals surface area (Å²) < 4.78 is 0. The molecule has 2 N–H and O–H groups in total.